The Kier molecular flexibility index (Phi) is 7.23. The van der Waals surface area contributed by atoms with Crippen molar-refractivity contribution in [2.45, 2.75) is 26.2 Å². The molecule has 0 unspecified atom stereocenters. The van der Waals surface area contributed by atoms with Crippen LogP contribution in [0.1, 0.15) is 31.2 Å². The second-order valence-electron chi connectivity index (χ2n) is 6.60. The van der Waals surface area contributed by atoms with E-state index in [1.54, 1.807) is 24.3 Å². The summed E-state index contributed by atoms with van der Waals surface area (Å²) in [5.41, 5.74) is 6.13. The maximum absolute atomic E-state index is 13.1. The molecule has 0 aliphatic rings. The standard InChI is InChI=1S/C21H20BrClN4O3/c1-2-3-4-20-26-17-7-6-14(22)10-15(17)21(29)27(20)25-11-13-5-8-18(16(23)9-13)30-12-19(24)28/h5-11H,2-4,12H2,1H3,(H2,24,28). The highest BCUT2D eigenvalue weighted by atomic mass is 79.9. The molecule has 1 aromatic heterocycles. The molecule has 0 saturated carbocycles. The monoisotopic (exact) mass is 490 g/mol. The number of aryl methyl sites for hydroxylation is 1. The Balaban J connectivity index is 1.98. The van der Waals surface area contributed by atoms with Crippen molar-refractivity contribution in [3.8, 4) is 5.75 Å². The summed E-state index contributed by atoms with van der Waals surface area (Å²) < 4.78 is 7.36. The van der Waals surface area contributed by atoms with E-state index < -0.39 is 5.91 Å². The van der Waals surface area contributed by atoms with Crippen LogP contribution in [-0.4, -0.2) is 28.4 Å². The summed E-state index contributed by atoms with van der Waals surface area (Å²) in [5.74, 6) is 0.345. The van der Waals surface area contributed by atoms with Crippen LogP contribution in [-0.2, 0) is 11.2 Å². The first-order valence-corrected chi connectivity index (χ1v) is 10.5. The fourth-order valence-corrected chi connectivity index (χ4v) is 3.40. The van der Waals surface area contributed by atoms with Gasteiger partial charge in [0.15, 0.2) is 6.61 Å². The maximum Gasteiger partial charge on any atom is 0.282 e. The summed E-state index contributed by atoms with van der Waals surface area (Å²) in [6.07, 6.45) is 4.03. The molecule has 2 aromatic carbocycles. The summed E-state index contributed by atoms with van der Waals surface area (Å²) in [4.78, 5) is 28.5. The maximum atomic E-state index is 13.1. The van der Waals surface area contributed by atoms with Crippen molar-refractivity contribution < 1.29 is 9.53 Å². The van der Waals surface area contributed by atoms with E-state index in [2.05, 4.69) is 32.9 Å². The van der Waals surface area contributed by atoms with Gasteiger partial charge < -0.3 is 10.5 Å². The van der Waals surface area contributed by atoms with Crippen molar-refractivity contribution in [3.63, 3.8) is 0 Å². The van der Waals surface area contributed by atoms with Crippen molar-refractivity contribution in [2.24, 2.45) is 10.8 Å². The van der Waals surface area contributed by atoms with E-state index in [0.717, 1.165) is 17.3 Å². The minimum atomic E-state index is -0.592. The highest BCUT2D eigenvalue weighted by Crippen LogP contribution is 2.25. The largest absolute Gasteiger partial charge is 0.482 e. The highest BCUT2D eigenvalue weighted by Gasteiger charge is 2.11. The number of nitrogens with two attached hydrogens (primary N) is 1. The average Bonchev–Trinajstić information content (AvgIpc) is 2.71. The van der Waals surface area contributed by atoms with Gasteiger partial charge in [-0.05, 0) is 48.4 Å². The Hall–Kier alpha value is -2.71. The Bertz CT molecular complexity index is 1180. The molecule has 0 fully saturated rings. The molecule has 0 aliphatic heterocycles. The van der Waals surface area contributed by atoms with Gasteiger partial charge in [-0.2, -0.15) is 9.78 Å². The average molecular weight is 492 g/mol. The van der Waals surface area contributed by atoms with Crippen LogP contribution in [0.2, 0.25) is 5.02 Å². The number of nitrogens with zero attached hydrogens (tertiary/aromatic N) is 3. The number of hydrogen-bond donors (Lipinski definition) is 1. The zero-order valence-corrected chi connectivity index (χ0v) is 18.6. The second-order valence-corrected chi connectivity index (χ2v) is 7.92. The highest BCUT2D eigenvalue weighted by molar-refractivity contribution is 9.10. The number of carbonyl (C=O) groups is 1. The van der Waals surface area contributed by atoms with Crippen molar-refractivity contribution in [2.75, 3.05) is 6.61 Å². The van der Waals surface area contributed by atoms with E-state index in [9.17, 15) is 9.59 Å². The number of amides is 1. The molecule has 156 valence electrons. The summed E-state index contributed by atoms with van der Waals surface area (Å²) >= 11 is 9.59. The minimum Gasteiger partial charge on any atom is -0.482 e. The van der Waals surface area contributed by atoms with E-state index in [4.69, 9.17) is 22.1 Å². The lowest BCUT2D eigenvalue weighted by Gasteiger charge is -2.09. The van der Waals surface area contributed by atoms with Crippen LogP contribution in [0.5, 0.6) is 5.75 Å². The summed E-state index contributed by atoms with van der Waals surface area (Å²) in [6, 6.07) is 10.4. The topological polar surface area (TPSA) is 99.6 Å². The van der Waals surface area contributed by atoms with E-state index in [-0.39, 0.29) is 12.2 Å². The van der Waals surface area contributed by atoms with Crippen molar-refractivity contribution in [1.29, 1.82) is 0 Å². The van der Waals surface area contributed by atoms with E-state index in [1.165, 1.54) is 10.9 Å². The van der Waals surface area contributed by atoms with Crippen LogP contribution in [0.15, 0.2) is 50.8 Å². The molecule has 1 heterocycles. The fourth-order valence-electron chi connectivity index (χ4n) is 2.80. The molecule has 9 heteroatoms. The summed E-state index contributed by atoms with van der Waals surface area (Å²) in [7, 11) is 0. The first kappa shape index (κ1) is 22.0. The Labute approximate surface area is 186 Å². The second kappa shape index (κ2) is 9.86. The number of rotatable bonds is 8. The molecule has 0 saturated heterocycles. The van der Waals surface area contributed by atoms with Gasteiger partial charge in [0.25, 0.3) is 11.5 Å². The summed E-state index contributed by atoms with van der Waals surface area (Å²) in [6.45, 7) is 1.81. The molecule has 0 spiro atoms. The Morgan fingerprint density at radius 3 is 2.83 bits per heavy atom. The predicted molar refractivity (Wildman–Crippen MR) is 121 cm³/mol. The van der Waals surface area contributed by atoms with Gasteiger partial charge in [0.05, 0.1) is 22.1 Å². The third kappa shape index (κ3) is 5.25. The van der Waals surface area contributed by atoms with Gasteiger partial charge >= 0.3 is 0 Å². The molecule has 0 bridgehead atoms. The number of aromatic nitrogens is 2. The van der Waals surface area contributed by atoms with Crippen molar-refractivity contribution in [3.05, 3.63) is 67.6 Å². The molecule has 1 amide bonds. The van der Waals surface area contributed by atoms with Crippen LogP contribution in [0, 0.1) is 0 Å². The van der Waals surface area contributed by atoms with E-state index >= 15 is 0 Å². The zero-order chi connectivity index (χ0) is 21.7. The number of carbonyl (C=O) groups excluding carboxylic acids is 1. The van der Waals surface area contributed by atoms with Crippen molar-refractivity contribution in [1.82, 2.24) is 9.66 Å². The zero-order valence-electron chi connectivity index (χ0n) is 16.3. The van der Waals surface area contributed by atoms with Crippen LogP contribution in [0.25, 0.3) is 10.9 Å². The third-order valence-corrected chi connectivity index (χ3v) is 5.07. The smallest absolute Gasteiger partial charge is 0.282 e. The van der Waals surface area contributed by atoms with Gasteiger partial charge in [-0.3, -0.25) is 9.59 Å². The van der Waals surface area contributed by atoms with Gasteiger partial charge in [-0.1, -0.05) is 40.9 Å². The van der Waals surface area contributed by atoms with Crippen LogP contribution < -0.4 is 16.0 Å². The van der Waals surface area contributed by atoms with Gasteiger partial charge in [-0.25, -0.2) is 4.98 Å². The number of unbranched alkanes of at least 4 members (excludes halogenated alkanes) is 1. The number of primary amides is 1. The number of hydrogen-bond acceptors (Lipinski definition) is 5. The molecule has 7 nitrogen and oxygen atoms in total. The lowest BCUT2D eigenvalue weighted by molar-refractivity contribution is -0.119. The van der Waals surface area contributed by atoms with Crippen molar-refractivity contribution >= 4 is 50.6 Å². The quantitative estimate of drug-likeness (QED) is 0.483. The van der Waals surface area contributed by atoms with Gasteiger partial charge in [-0.15, -0.1) is 0 Å². The SMILES string of the molecule is CCCCc1nc2ccc(Br)cc2c(=O)n1N=Cc1ccc(OCC(N)=O)c(Cl)c1. The first-order valence-electron chi connectivity index (χ1n) is 9.35. The van der Waals surface area contributed by atoms with Crippen LogP contribution >= 0.6 is 27.5 Å². The van der Waals surface area contributed by atoms with Gasteiger partial charge in [0.1, 0.15) is 11.6 Å². The molecule has 30 heavy (non-hydrogen) atoms. The van der Waals surface area contributed by atoms with Crippen LogP contribution in [0.3, 0.4) is 0 Å². The molecule has 3 aromatic rings. The minimum absolute atomic E-state index is 0.240. The van der Waals surface area contributed by atoms with E-state index in [0.29, 0.717) is 39.5 Å². The summed E-state index contributed by atoms with van der Waals surface area (Å²) in [5, 5.41) is 5.17. The molecule has 0 radical (unpaired) electrons. The Morgan fingerprint density at radius 2 is 2.13 bits per heavy atom. The normalized spacial score (nSPS) is 11.3. The molecule has 0 atom stereocenters. The van der Waals surface area contributed by atoms with Gasteiger partial charge in [0, 0.05) is 10.9 Å². The third-order valence-electron chi connectivity index (χ3n) is 4.28. The molecular formula is C21H20BrClN4O3. The lowest BCUT2D eigenvalue weighted by Crippen LogP contribution is -2.22. The lowest BCUT2D eigenvalue weighted by atomic mass is 10.2. The van der Waals surface area contributed by atoms with E-state index in [1.807, 2.05) is 12.1 Å². The molecular weight excluding hydrogens is 472 g/mol. The molecule has 2 N–H and O–H groups in total. The van der Waals surface area contributed by atoms with Gasteiger partial charge in [0.2, 0.25) is 0 Å². The number of benzene rings is 2. The number of halogens is 2. The Morgan fingerprint density at radius 1 is 1.33 bits per heavy atom. The van der Waals surface area contributed by atoms with Crippen LogP contribution in [0.4, 0.5) is 0 Å². The number of ether oxygens (including phenoxy) is 1. The number of fused-ring (bicyclic) bond motifs is 1. The molecule has 0 aliphatic carbocycles. The molecule has 3 rings (SSSR count). The predicted octanol–water partition coefficient (Wildman–Crippen LogP) is 3.90. The first-order chi connectivity index (χ1) is 14.4. The fraction of sp³-hybridized carbons (Fsp3) is 0.238.